The van der Waals surface area contributed by atoms with Gasteiger partial charge in [0.15, 0.2) is 5.75 Å². The lowest BCUT2D eigenvalue weighted by atomic mass is 10.2. The molecule has 0 aromatic heterocycles. The monoisotopic (exact) mass is 234 g/mol. The molecule has 0 aliphatic heterocycles. The second-order valence-corrected chi connectivity index (χ2v) is 3.32. The number of aromatic carboxylic acids is 1. The Balaban J connectivity index is 3.18. The van der Waals surface area contributed by atoms with Gasteiger partial charge in [0.05, 0.1) is 22.2 Å². The zero-order valence-corrected chi connectivity index (χ0v) is 8.89. The molecule has 0 saturated heterocycles. The summed E-state index contributed by atoms with van der Waals surface area (Å²) in [6.45, 7) is 2.21. The minimum atomic E-state index is -1.07. The highest BCUT2D eigenvalue weighted by Crippen LogP contribution is 2.34. The molecule has 1 N–H and O–H groups in total. The number of hydrogen-bond donors (Lipinski definition) is 1. The van der Waals surface area contributed by atoms with Crippen molar-refractivity contribution in [1.29, 1.82) is 0 Å². The smallest absolute Gasteiger partial charge is 0.335 e. The molecule has 0 heterocycles. The molecule has 1 aromatic carbocycles. The number of carbonyl (C=O) groups is 1. The van der Waals surface area contributed by atoms with Gasteiger partial charge in [0.25, 0.3) is 0 Å². The van der Waals surface area contributed by atoms with Crippen molar-refractivity contribution in [3.63, 3.8) is 0 Å². The summed E-state index contributed by atoms with van der Waals surface area (Å²) in [5.74, 6) is -0.752. The lowest BCUT2D eigenvalue weighted by molar-refractivity contribution is 0.0697. The molecule has 0 amide bonds. The van der Waals surface area contributed by atoms with Crippen LogP contribution >= 0.6 is 23.2 Å². The summed E-state index contributed by atoms with van der Waals surface area (Å²) in [7, 11) is 0. The van der Waals surface area contributed by atoms with E-state index in [4.69, 9.17) is 33.0 Å². The number of carboxylic acid groups (broad SMARTS) is 1. The molecule has 0 spiro atoms. The number of benzene rings is 1. The first-order valence-corrected chi connectivity index (χ1v) is 4.67. The van der Waals surface area contributed by atoms with Crippen molar-refractivity contribution in [3.05, 3.63) is 27.7 Å². The zero-order valence-electron chi connectivity index (χ0n) is 7.38. The Morgan fingerprint density at radius 1 is 1.43 bits per heavy atom. The van der Waals surface area contributed by atoms with Gasteiger partial charge < -0.3 is 9.84 Å². The van der Waals surface area contributed by atoms with Crippen LogP contribution in [0.3, 0.4) is 0 Å². The highest BCUT2D eigenvalue weighted by molar-refractivity contribution is 6.37. The molecule has 76 valence electrons. The maximum atomic E-state index is 10.6. The molecule has 0 aliphatic rings. The Labute approximate surface area is 91.2 Å². The van der Waals surface area contributed by atoms with Crippen LogP contribution in [0.2, 0.25) is 10.0 Å². The van der Waals surface area contributed by atoms with E-state index < -0.39 is 5.97 Å². The molecule has 5 heteroatoms. The molecule has 0 saturated carbocycles. The van der Waals surface area contributed by atoms with Crippen molar-refractivity contribution >= 4 is 29.2 Å². The summed E-state index contributed by atoms with van der Waals surface area (Å²) in [4.78, 5) is 10.6. The van der Waals surface area contributed by atoms with Crippen LogP contribution in [0.4, 0.5) is 0 Å². The predicted molar refractivity (Wildman–Crippen MR) is 54.6 cm³/mol. The van der Waals surface area contributed by atoms with E-state index in [1.165, 1.54) is 12.1 Å². The van der Waals surface area contributed by atoms with Gasteiger partial charge in [0.2, 0.25) is 0 Å². The fourth-order valence-electron chi connectivity index (χ4n) is 0.966. The van der Waals surface area contributed by atoms with E-state index in [0.29, 0.717) is 12.4 Å². The van der Waals surface area contributed by atoms with Crippen molar-refractivity contribution < 1.29 is 14.6 Å². The Kier molecular flexibility index (Phi) is 3.61. The maximum absolute atomic E-state index is 10.6. The van der Waals surface area contributed by atoms with Crippen LogP contribution in [0, 0.1) is 0 Å². The fourth-order valence-corrected chi connectivity index (χ4v) is 1.56. The normalized spacial score (nSPS) is 9.93. The first kappa shape index (κ1) is 11.1. The molecule has 0 atom stereocenters. The molecule has 0 fully saturated rings. The van der Waals surface area contributed by atoms with Crippen molar-refractivity contribution in [3.8, 4) is 5.75 Å². The molecule has 1 aromatic rings. The summed E-state index contributed by atoms with van der Waals surface area (Å²) >= 11 is 11.6. The topological polar surface area (TPSA) is 46.5 Å². The molecule has 0 unspecified atom stereocenters. The standard InChI is InChI=1S/C9H8Cl2O3/c1-2-14-8-6(10)3-5(9(12)13)4-7(8)11/h3-4H,2H2,1H3,(H,12,13). The van der Waals surface area contributed by atoms with Crippen molar-refractivity contribution in [2.24, 2.45) is 0 Å². The summed E-state index contributed by atoms with van der Waals surface area (Å²) in [5.41, 5.74) is 0.0449. The fraction of sp³-hybridized carbons (Fsp3) is 0.222. The van der Waals surface area contributed by atoms with Gasteiger partial charge in [0.1, 0.15) is 0 Å². The molecule has 1 rings (SSSR count). The zero-order chi connectivity index (χ0) is 10.7. The number of halogens is 2. The number of ether oxygens (including phenoxy) is 1. The molecule has 14 heavy (non-hydrogen) atoms. The van der Waals surface area contributed by atoms with Crippen molar-refractivity contribution in [1.82, 2.24) is 0 Å². The van der Waals surface area contributed by atoms with E-state index in [-0.39, 0.29) is 15.6 Å². The van der Waals surface area contributed by atoms with E-state index in [1.807, 2.05) is 0 Å². The van der Waals surface area contributed by atoms with Gasteiger partial charge in [-0.2, -0.15) is 0 Å². The summed E-state index contributed by atoms with van der Waals surface area (Å²) in [5, 5.41) is 9.11. The van der Waals surface area contributed by atoms with Crippen LogP contribution in [0.25, 0.3) is 0 Å². The van der Waals surface area contributed by atoms with E-state index in [1.54, 1.807) is 6.92 Å². The van der Waals surface area contributed by atoms with Gasteiger partial charge >= 0.3 is 5.97 Å². The largest absolute Gasteiger partial charge is 0.491 e. The minimum Gasteiger partial charge on any atom is -0.491 e. The Bertz CT molecular complexity index is 340. The lowest BCUT2D eigenvalue weighted by Gasteiger charge is -2.08. The SMILES string of the molecule is CCOc1c(Cl)cc(C(=O)O)cc1Cl. The van der Waals surface area contributed by atoms with E-state index in [0.717, 1.165) is 0 Å². The molecule has 0 radical (unpaired) electrons. The highest BCUT2D eigenvalue weighted by Gasteiger charge is 2.12. The number of rotatable bonds is 3. The number of carboxylic acids is 1. The Morgan fingerprint density at radius 2 is 1.93 bits per heavy atom. The first-order valence-electron chi connectivity index (χ1n) is 3.91. The predicted octanol–water partition coefficient (Wildman–Crippen LogP) is 3.09. The van der Waals surface area contributed by atoms with Gasteiger partial charge in [-0.25, -0.2) is 4.79 Å². The minimum absolute atomic E-state index is 0.0449. The van der Waals surface area contributed by atoms with Crippen LogP contribution in [-0.2, 0) is 0 Å². The maximum Gasteiger partial charge on any atom is 0.335 e. The highest BCUT2D eigenvalue weighted by atomic mass is 35.5. The van der Waals surface area contributed by atoms with Crippen LogP contribution in [-0.4, -0.2) is 17.7 Å². The third-order valence-electron chi connectivity index (χ3n) is 1.53. The van der Waals surface area contributed by atoms with E-state index in [9.17, 15) is 4.79 Å². The molecule has 3 nitrogen and oxygen atoms in total. The molecule has 0 bridgehead atoms. The molecular formula is C9H8Cl2O3. The van der Waals surface area contributed by atoms with Crippen LogP contribution in [0.1, 0.15) is 17.3 Å². The Morgan fingerprint density at radius 3 is 2.29 bits per heavy atom. The van der Waals surface area contributed by atoms with Gasteiger partial charge in [0, 0.05) is 0 Å². The Hall–Kier alpha value is -0.930. The van der Waals surface area contributed by atoms with Crippen LogP contribution in [0.5, 0.6) is 5.75 Å². The number of hydrogen-bond acceptors (Lipinski definition) is 2. The summed E-state index contributed by atoms with van der Waals surface area (Å²) in [6, 6.07) is 2.61. The van der Waals surface area contributed by atoms with Gasteiger partial charge in [-0.15, -0.1) is 0 Å². The molecule has 0 aliphatic carbocycles. The van der Waals surface area contributed by atoms with E-state index >= 15 is 0 Å². The second-order valence-electron chi connectivity index (χ2n) is 2.51. The van der Waals surface area contributed by atoms with E-state index in [2.05, 4.69) is 0 Å². The lowest BCUT2D eigenvalue weighted by Crippen LogP contribution is -1.99. The molecular weight excluding hydrogens is 227 g/mol. The van der Waals surface area contributed by atoms with Crippen LogP contribution in [0.15, 0.2) is 12.1 Å². The third-order valence-corrected chi connectivity index (χ3v) is 2.10. The van der Waals surface area contributed by atoms with Gasteiger partial charge in [-0.05, 0) is 19.1 Å². The van der Waals surface area contributed by atoms with Crippen molar-refractivity contribution in [2.75, 3.05) is 6.61 Å². The van der Waals surface area contributed by atoms with Crippen LogP contribution < -0.4 is 4.74 Å². The second kappa shape index (κ2) is 4.53. The summed E-state index contributed by atoms with van der Waals surface area (Å²) in [6.07, 6.45) is 0. The summed E-state index contributed by atoms with van der Waals surface area (Å²) < 4.78 is 5.15. The average molecular weight is 235 g/mol. The van der Waals surface area contributed by atoms with Crippen molar-refractivity contribution in [2.45, 2.75) is 6.92 Å². The first-order chi connectivity index (χ1) is 6.56. The quantitative estimate of drug-likeness (QED) is 0.875. The third kappa shape index (κ3) is 2.30. The van der Waals surface area contributed by atoms with Gasteiger partial charge in [-0.1, -0.05) is 23.2 Å². The van der Waals surface area contributed by atoms with Gasteiger partial charge in [-0.3, -0.25) is 0 Å². The average Bonchev–Trinajstić information content (AvgIpc) is 2.10.